The Morgan fingerprint density at radius 3 is 1.61 bits per heavy atom. The normalized spacial score (nSPS) is 32.8. The average molecular weight is 254 g/mol. The second-order valence-corrected chi connectivity index (χ2v) is 5.55. The number of carbonyl (C=O) groups is 2. The minimum absolute atomic E-state index is 0.0984. The smallest absolute Gasteiger partial charge is 0.305 e. The molecule has 2 rings (SSSR count). The van der Waals surface area contributed by atoms with E-state index in [1.165, 1.54) is 27.1 Å². The van der Waals surface area contributed by atoms with Gasteiger partial charge in [-0.3, -0.25) is 9.59 Å². The largest absolute Gasteiger partial charge is 0.469 e. The molecule has 2 saturated carbocycles. The number of esters is 2. The number of hydrogen-bond acceptors (Lipinski definition) is 4. The van der Waals surface area contributed by atoms with Crippen LogP contribution in [-0.4, -0.2) is 26.2 Å². The lowest BCUT2D eigenvalue weighted by Crippen LogP contribution is -2.02. The first-order chi connectivity index (χ1) is 8.65. The molecule has 0 aromatic rings. The molecule has 0 unspecified atom stereocenters. The molecule has 2 aliphatic carbocycles. The lowest BCUT2D eigenvalue weighted by atomic mass is 10.1. The molecule has 0 aromatic carbocycles. The molecule has 0 aliphatic heterocycles. The summed E-state index contributed by atoms with van der Waals surface area (Å²) in [4.78, 5) is 22.1. The molecule has 0 saturated heterocycles. The van der Waals surface area contributed by atoms with Gasteiger partial charge in [0.1, 0.15) is 0 Å². The highest BCUT2D eigenvalue weighted by Crippen LogP contribution is 2.60. The second-order valence-electron chi connectivity index (χ2n) is 5.55. The van der Waals surface area contributed by atoms with Gasteiger partial charge in [0.2, 0.25) is 0 Å². The standard InChI is InChI=1S/C14H22O4/c1-17-13(15)5-3-9-7-11(9)12-8-10(12)4-6-14(16)18-2/h9-12H,3-8H2,1-2H3/t9-,10-,11-,12-/m0/s1. The predicted molar refractivity (Wildman–Crippen MR) is 65.7 cm³/mol. The van der Waals surface area contributed by atoms with E-state index in [1.54, 1.807) is 0 Å². The van der Waals surface area contributed by atoms with Gasteiger partial charge in [0.05, 0.1) is 14.2 Å². The molecule has 0 amide bonds. The van der Waals surface area contributed by atoms with E-state index in [2.05, 4.69) is 9.47 Å². The first-order valence-corrected chi connectivity index (χ1v) is 6.79. The van der Waals surface area contributed by atoms with Gasteiger partial charge in [-0.25, -0.2) is 0 Å². The van der Waals surface area contributed by atoms with Crippen LogP contribution >= 0.6 is 0 Å². The van der Waals surface area contributed by atoms with Gasteiger partial charge in [-0.1, -0.05) is 0 Å². The van der Waals surface area contributed by atoms with Crippen molar-refractivity contribution in [2.75, 3.05) is 14.2 Å². The van der Waals surface area contributed by atoms with Crippen molar-refractivity contribution >= 4 is 11.9 Å². The fourth-order valence-electron chi connectivity index (χ4n) is 3.07. The van der Waals surface area contributed by atoms with Crippen LogP contribution in [0.4, 0.5) is 0 Å². The van der Waals surface area contributed by atoms with Crippen molar-refractivity contribution in [3.05, 3.63) is 0 Å². The fraction of sp³-hybridized carbons (Fsp3) is 0.857. The van der Waals surface area contributed by atoms with Gasteiger partial charge in [0.15, 0.2) is 0 Å². The zero-order chi connectivity index (χ0) is 13.1. The minimum Gasteiger partial charge on any atom is -0.469 e. The molecule has 0 bridgehead atoms. The van der Waals surface area contributed by atoms with Gasteiger partial charge in [0.25, 0.3) is 0 Å². The molecule has 0 spiro atoms. The van der Waals surface area contributed by atoms with E-state index in [9.17, 15) is 9.59 Å². The number of hydrogen-bond donors (Lipinski definition) is 0. The van der Waals surface area contributed by atoms with E-state index in [-0.39, 0.29) is 11.9 Å². The highest BCUT2D eigenvalue weighted by molar-refractivity contribution is 5.69. The lowest BCUT2D eigenvalue weighted by Gasteiger charge is -2.00. The molecule has 4 atom stereocenters. The van der Waals surface area contributed by atoms with E-state index in [0.717, 1.165) is 36.5 Å². The maximum atomic E-state index is 11.0. The summed E-state index contributed by atoms with van der Waals surface area (Å²) in [5.74, 6) is 2.85. The second kappa shape index (κ2) is 5.72. The van der Waals surface area contributed by atoms with Crippen LogP contribution in [0, 0.1) is 23.7 Å². The zero-order valence-electron chi connectivity index (χ0n) is 11.2. The van der Waals surface area contributed by atoms with Gasteiger partial charge >= 0.3 is 11.9 Å². The van der Waals surface area contributed by atoms with Crippen LogP contribution in [0.15, 0.2) is 0 Å². The minimum atomic E-state index is -0.0984. The van der Waals surface area contributed by atoms with E-state index in [0.29, 0.717) is 12.8 Å². The van der Waals surface area contributed by atoms with E-state index < -0.39 is 0 Å². The van der Waals surface area contributed by atoms with Crippen LogP contribution in [0.1, 0.15) is 38.5 Å². The molecule has 0 N–H and O–H groups in total. The Morgan fingerprint density at radius 1 is 0.889 bits per heavy atom. The molecule has 2 fully saturated rings. The number of carbonyl (C=O) groups excluding carboxylic acids is 2. The van der Waals surface area contributed by atoms with Crippen molar-refractivity contribution in [1.82, 2.24) is 0 Å². The quantitative estimate of drug-likeness (QED) is 0.653. The van der Waals surface area contributed by atoms with Crippen molar-refractivity contribution in [3.8, 4) is 0 Å². The maximum Gasteiger partial charge on any atom is 0.305 e. The summed E-state index contributed by atoms with van der Waals surface area (Å²) in [5.41, 5.74) is 0. The third kappa shape index (κ3) is 3.47. The monoisotopic (exact) mass is 254 g/mol. The molecule has 0 radical (unpaired) electrons. The Hall–Kier alpha value is -1.06. The summed E-state index contributed by atoms with van der Waals surface area (Å²) in [6.45, 7) is 0. The Bertz CT molecular complexity index is 294. The fourth-order valence-corrected chi connectivity index (χ4v) is 3.07. The van der Waals surface area contributed by atoms with Gasteiger partial charge in [-0.2, -0.15) is 0 Å². The van der Waals surface area contributed by atoms with Gasteiger partial charge < -0.3 is 9.47 Å². The van der Waals surface area contributed by atoms with E-state index in [1.807, 2.05) is 0 Å². The predicted octanol–water partition coefficient (Wildman–Crippen LogP) is 2.17. The molecule has 102 valence electrons. The van der Waals surface area contributed by atoms with Crippen LogP contribution < -0.4 is 0 Å². The molecular formula is C14H22O4. The van der Waals surface area contributed by atoms with Crippen LogP contribution in [-0.2, 0) is 19.1 Å². The first-order valence-electron chi connectivity index (χ1n) is 6.79. The summed E-state index contributed by atoms with van der Waals surface area (Å²) in [6, 6.07) is 0. The number of ether oxygens (including phenoxy) is 2. The molecule has 0 heterocycles. The van der Waals surface area contributed by atoms with Crippen LogP contribution in [0.25, 0.3) is 0 Å². The third-order valence-corrected chi connectivity index (χ3v) is 4.40. The highest BCUT2D eigenvalue weighted by atomic mass is 16.5. The molecular weight excluding hydrogens is 232 g/mol. The van der Waals surface area contributed by atoms with E-state index in [4.69, 9.17) is 0 Å². The molecule has 2 aliphatic rings. The van der Waals surface area contributed by atoms with Crippen molar-refractivity contribution in [3.63, 3.8) is 0 Å². The van der Waals surface area contributed by atoms with Crippen molar-refractivity contribution in [2.45, 2.75) is 38.5 Å². The topological polar surface area (TPSA) is 52.6 Å². The highest BCUT2D eigenvalue weighted by Gasteiger charge is 2.52. The third-order valence-electron chi connectivity index (χ3n) is 4.40. The SMILES string of the molecule is COC(=O)CC[C@H]1C[C@@H]1[C@H]1C[C@@H]1CCC(=O)OC. The van der Waals surface area contributed by atoms with Crippen LogP contribution in [0.2, 0.25) is 0 Å². The van der Waals surface area contributed by atoms with Crippen LogP contribution in [0.5, 0.6) is 0 Å². The molecule has 0 aromatic heterocycles. The zero-order valence-corrected chi connectivity index (χ0v) is 11.2. The number of methoxy groups -OCH3 is 2. The Balaban J connectivity index is 1.57. The molecule has 4 heteroatoms. The average Bonchev–Trinajstić information content (AvgIpc) is 3.25. The molecule has 18 heavy (non-hydrogen) atoms. The first kappa shape index (κ1) is 13.4. The Morgan fingerprint density at radius 2 is 1.28 bits per heavy atom. The summed E-state index contributed by atoms with van der Waals surface area (Å²) < 4.78 is 9.30. The van der Waals surface area contributed by atoms with E-state index >= 15 is 0 Å². The summed E-state index contributed by atoms with van der Waals surface area (Å²) in [5, 5.41) is 0. The number of rotatable bonds is 7. The van der Waals surface area contributed by atoms with Gasteiger partial charge in [-0.15, -0.1) is 0 Å². The summed E-state index contributed by atoms with van der Waals surface area (Å²) in [6.07, 6.45) is 5.57. The molecule has 4 nitrogen and oxygen atoms in total. The Labute approximate surface area is 108 Å². The van der Waals surface area contributed by atoms with Crippen molar-refractivity contribution in [1.29, 1.82) is 0 Å². The lowest BCUT2D eigenvalue weighted by molar-refractivity contribution is -0.141. The Kier molecular flexibility index (Phi) is 4.25. The van der Waals surface area contributed by atoms with Crippen molar-refractivity contribution < 1.29 is 19.1 Å². The summed E-state index contributed by atoms with van der Waals surface area (Å²) in [7, 11) is 2.88. The summed E-state index contributed by atoms with van der Waals surface area (Å²) >= 11 is 0. The van der Waals surface area contributed by atoms with Gasteiger partial charge in [-0.05, 0) is 49.4 Å². The van der Waals surface area contributed by atoms with Crippen molar-refractivity contribution in [2.24, 2.45) is 23.7 Å². The van der Waals surface area contributed by atoms with Crippen LogP contribution in [0.3, 0.4) is 0 Å². The van der Waals surface area contributed by atoms with Gasteiger partial charge in [0, 0.05) is 12.8 Å². The maximum absolute atomic E-state index is 11.0.